The second kappa shape index (κ2) is 8.30. The number of ether oxygens (including phenoxy) is 1. The average molecular weight is 428 g/mol. The molecule has 31 heavy (non-hydrogen) atoms. The number of carbonyl (C=O) groups is 2. The second-order valence-electron chi connectivity index (χ2n) is 8.37. The van der Waals surface area contributed by atoms with Crippen LogP contribution in [0.3, 0.4) is 0 Å². The zero-order chi connectivity index (χ0) is 22.2. The van der Waals surface area contributed by atoms with E-state index in [1.54, 1.807) is 24.0 Å². The Bertz CT molecular complexity index is 910. The van der Waals surface area contributed by atoms with Crippen LogP contribution < -0.4 is 4.90 Å². The van der Waals surface area contributed by atoms with Crippen molar-refractivity contribution in [1.82, 2.24) is 9.80 Å². The van der Waals surface area contributed by atoms with Crippen molar-refractivity contribution < 1.29 is 19.2 Å². The number of piperazine rings is 1. The summed E-state index contributed by atoms with van der Waals surface area (Å²) in [5.41, 5.74) is 1.14. The molecule has 1 amide bonds. The molecule has 1 aromatic carbocycles. The molecule has 3 heterocycles. The summed E-state index contributed by atoms with van der Waals surface area (Å²) >= 11 is 0. The van der Waals surface area contributed by atoms with E-state index in [2.05, 4.69) is 16.7 Å². The molecule has 0 aromatic heterocycles. The Labute approximate surface area is 181 Å². The number of carbonyl (C=O) groups excluding carboxylic acids is 2. The lowest BCUT2D eigenvalue weighted by molar-refractivity contribution is -0.384. The van der Waals surface area contributed by atoms with Crippen LogP contribution in [0.1, 0.15) is 26.7 Å². The zero-order valence-corrected chi connectivity index (χ0v) is 18.0. The van der Waals surface area contributed by atoms with Gasteiger partial charge in [0.1, 0.15) is 5.60 Å². The highest BCUT2D eigenvalue weighted by Gasteiger charge is 2.51. The smallest absolute Gasteiger partial charge is 0.335 e. The molecule has 0 atom stereocenters. The van der Waals surface area contributed by atoms with E-state index in [1.807, 2.05) is 0 Å². The maximum absolute atomic E-state index is 13.5. The van der Waals surface area contributed by atoms with Crippen molar-refractivity contribution in [1.29, 1.82) is 0 Å². The normalized spacial score (nSPS) is 21.5. The fourth-order valence-corrected chi connectivity index (χ4v) is 4.80. The third kappa shape index (κ3) is 3.89. The Morgan fingerprint density at radius 2 is 1.71 bits per heavy atom. The largest absolute Gasteiger partial charge is 0.450 e. The van der Waals surface area contributed by atoms with Crippen molar-refractivity contribution in [2.75, 3.05) is 50.7 Å². The number of rotatable bonds is 4. The first kappa shape index (κ1) is 21.3. The maximum atomic E-state index is 13.5. The molecule has 3 aliphatic heterocycles. The standard InChI is InChI=1S/C22H28N4O5/c1-3-23-10-8-22(9-11-23)19(16(2)21(28)31-22)20(27)25-14-12-24(13-15-25)17-4-6-18(7-5-17)26(29)30/h4-7H,3,8-15H2,1-2H3. The number of piperidine rings is 1. The van der Waals surface area contributed by atoms with Gasteiger partial charge < -0.3 is 19.4 Å². The Hall–Kier alpha value is -2.94. The minimum atomic E-state index is -0.792. The lowest BCUT2D eigenvalue weighted by Gasteiger charge is -2.41. The first-order valence-corrected chi connectivity index (χ1v) is 10.8. The van der Waals surface area contributed by atoms with Crippen molar-refractivity contribution in [3.05, 3.63) is 45.5 Å². The van der Waals surface area contributed by atoms with E-state index in [-0.39, 0.29) is 17.6 Å². The molecule has 0 saturated carbocycles. The molecule has 1 spiro atoms. The predicted molar refractivity (Wildman–Crippen MR) is 115 cm³/mol. The van der Waals surface area contributed by atoms with E-state index in [4.69, 9.17) is 4.74 Å². The van der Waals surface area contributed by atoms with E-state index in [0.29, 0.717) is 50.2 Å². The molecule has 0 unspecified atom stereocenters. The minimum absolute atomic E-state index is 0.0605. The number of likely N-dealkylation sites (tertiary alicyclic amines) is 1. The number of amides is 1. The lowest BCUT2D eigenvalue weighted by Crippen LogP contribution is -2.53. The van der Waals surface area contributed by atoms with E-state index in [0.717, 1.165) is 25.3 Å². The van der Waals surface area contributed by atoms with Gasteiger partial charge in [0, 0.05) is 75.5 Å². The molecule has 1 aromatic rings. The van der Waals surface area contributed by atoms with Gasteiger partial charge in [-0.2, -0.15) is 0 Å². The number of nitro benzene ring substituents is 1. The average Bonchev–Trinajstić information content (AvgIpc) is 3.03. The Kier molecular flexibility index (Phi) is 5.70. The Balaban J connectivity index is 1.45. The van der Waals surface area contributed by atoms with Crippen molar-refractivity contribution in [2.24, 2.45) is 0 Å². The van der Waals surface area contributed by atoms with Crippen molar-refractivity contribution >= 4 is 23.3 Å². The molecule has 3 aliphatic rings. The van der Waals surface area contributed by atoms with Gasteiger partial charge in [0.15, 0.2) is 0 Å². The van der Waals surface area contributed by atoms with Gasteiger partial charge in [-0.1, -0.05) is 6.92 Å². The van der Waals surface area contributed by atoms with Crippen molar-refractivity contribution in [2.45, 2.75) is 32.3 Å². The Morgan fingerprint density at radius 3 is 2.26 bits per heavy atom. The van der Waals surface area contributed by atoms with Crippen LogP contribution in [0.2, 0.25) is 0 Å². The molecular weight excluding hydrogens is 400 g/mol. The van der Waals surface area contributed by atoms with Gasteiger partial charge in [0.2, 0.25) is 0 Å². The van der Waals surface area contributed by atoms with Crippen LogP contribution in [0.5, 0.6) is 0 Å². The monoisotopic (exact) mass is 428 g/mol. The summed E-state index contributed by atoms with van der Waals surface area (Å²) < 4.78 is 5.79. The molecule has 0 aliphatic carbocycles. The third-order valence-corrected chi connectivity index (χ3v) is 6.74. The van der Waals surface area contributed by atoms with Gasteiger partial charge >= 0.3 is 5.97 Å². The van der Waals surface area contributed by atoms with Crippen LogP contribution in [-0.2, 0) is 14.3 Å². The van der Waals surface area contributed by atoms with Gasteiger partial charge in [-0.05, 0) is 25.6 Å². The first-order chi connectivity index (χ1) is 14.8. The first-order valence-electron chi connectivity index (χ1n) is 10.8. The van der Waals surface area contributed by atoms with Crippen molar-refractivity contribution in [3.8, 4) is 0 Å². The number of nitrogens with zero attached hydrogens (tertiary/aromatic N) is 4. The summed E-state index contributed by atoms with van der Waals surface area (Å²) in [6, 6.07) is 6.47. The highest BCUT2D eigenvalue weighted by Crippen LogP contribution is 2.42. The van der Waals surface area contributed by atoms with Gasteiger partial charge in [0.05, 0.1) is 10.5 Å². The Morgan fingerprint density at radius 1 is 1.10 bits per heavy atom. The predicted octanol–water partition coefficient (Wildman–Crippen LogP) is 1.97. The minimum Gasteiger partial charge on any atom is -0.450 e. The summed E-state index contributed by atoms with van der Waals surface area (Å²) in [7, 11) is 0. The number of nitro groups is 1. The van der Waals surface area contributed by atoms with Crippen LogP contribution in [0.15, 0.2) is 35.4 Å². The molecule has 0 bridgehead atoms. The van der Waals surface area contributed by atoms with E-state index in [9.17, 15) is 19.7 Å². The van der Waals surface area contributed by atoms with E-state index in [1.165, 1.54) is 12.1 Å². The summed E-state index contributed by atoms with van der Waals surface area (Å²) in [5.74, 6) is -0.477. The molecule has 4 rings (SSSR count). The summed E-state index contributed by atoms with van der Waals surface area (Å²) in [5, 5.41) is 10.9. The quantitative estimate of drug-likeness (QED) is 0.411. The van der Waals surface area contributed by atoms with Gasteiger partial charge in [0.25, 0.3) is 11.6 Å². The van der Waals surface area contributed by atoms with Gasteiger partial charge in [-0.3, -0.25) is 14.9 Å². The number of esters is 1. The number of hydrogen-bond acceptors (Lipinski definition) is 7. The third-order valence-electron chi connectivity index (χ3n) is 6.74. The van der Waals surface area contributed by atoms with Crippen molar-refractivity contribution in [3.63, 3.8) is 0 Å². The number of hydrogen-bond donors (Lipinski definition) is 0. The van der Waals surface area contributed by atoms with Crippen LogP contribution >= 0.6 is 0 Å². The number of anilines is 1. The highest BCUT2D eigenvalue weighted by molar-refractivity contribution is 6.07. The molecular formula is C22H28N4O5. The zero-order valence-electron chi connectivity index (χ0n) is 18.0. The van der Waals surface area contributed by atoms with E-state index < -0.39 is 10.5 Å². The van der Waals surface area contributed by atoms with Crippen LogP contribution in [0.25, 0.3) is 0 Å². The fourth-order valence-electron chi connectivity index (χ4n) is 4.80. The van der Waals surface area contributed by atoms with E-state index >= 15 is 0 Å². The molecule has 9 heteroatoms. The fraction of sp³-hybridized carbons (Fsp3) is 0.545. The molecule has 0 N–H and O–H groups in total. The second-order valence-corrected chi connectivity index (χ2v) is 8.37. The lowest BCUT2D eigenvalue weighted by atomic mass is 9.82. The topological polar surface area (TPSA) is 96.2 Å². The SMILES string of the molecule is CCN1CCC2(CC1)OC(=O)C(C)=C2C(=O)N1CCN(c2ccc([N+](=O)[O-])cc2)CC1. The summed E-state index contributed by atoms with van der Waals surface area (Å²) in [4.78, 5) is 42.5. The molecule has 9 nitrogen and oxygen atoms in total. The van der Waals surface area contributed by atoms with Gasteiger partial charge in [-0.25, -0.2) is 4.79 Å². The van der Waals surface area contributed by atoms with Gasteiger partial charge in [-0.15, -0.1) is 0 Å². The van der Waals surface area contributed by atoms with Crippen LogP contribution in [0.4, 0.5) is 11.4 Å². The highest BCUT2D eigenvalue weighted by atomic mass is 16.6. The molecule has 2 saturated heterocycles. The number of benzene rings is 1. The summed E-state index contributed by atoms with van der Waals surface area (Å²) in [6.45, 7) is 8.67. The van der Waals surface area contributed by atoms with Crippen LogP contribution in [0, 0.1) is 10.1 Å². The molecule has 2 fully saturated rings. The van der Waals surface area contributed by atoms with Crippen LogP contribution in [-0.4, -0.2) is 78.0 Å². The number of non-ortho nitro benzene ring substituents is 1. The summed E-state index contributed by atoms with van der Waals surface area (Å²) in [6.07, 6.45) is 1.29. The maximum Gasteiger partial charge on any atom is 0.335 e. The molecule has 166 valence electrons. The molecule has 0 radical (unpaired) electrons.